The summed E-state index contributed by atoms with van der Waals surface area (Å²) in [6.45, 7) is 4.60. The molecular weight excluding hydrogens is 760 g/mol. The zero-order valence-electron chi connectivity index (χ0n) is 26.3. The summed E-state index contributed by atoms with van der Waals surface area (Å²) in [5, 5.41) is 8.59. The molecule has 0 amide bonds. The number of hydrogen-bond donors (Lipinski definition) is 1. The Bertz CT molecular complexity index is 1410. The number of halogens is 2. The van der Waals surface area contributed by atoms with E-state index >= 15 is 0 Å². The molecule has 0 atom stereocenters. The summed E-state index contributed by atoms with van der Waals surface area (Å²) < 4.78 is 58.2. The molecule has 14 heteroatoms. The Balaban J connectivity index is 0.000000200. The molecule has 1 aliphatic heterocycles. The van der Waals surface area contributed by atoms with Crippen LogP contribution in [0.2, 0.25) is 0 Å². The van der Waals surface area contributed by atoms with Crippen LogP contribution in [0.25, 0.3) is 0 Å². The third kappa shape index (κ3) is 13.7. The average molecular weight is 803 g/mol. The molecule has 3 fully saturated rings. The van der Waals surface area contributed by atoms with Crippen molar-refractivity contribution in [1.29, 1.82) is 0 Å². The minimum atomic E-state index is -3.74. The van der Waals surface area contributed by atoms with Crippen molar-refractivity contribution in [3.8, 4) is 11.8 Å². The predicted octanol–water partition coefficient (Wildman–Crippen LogP) is 6.04. The number of hydrogen-bond acceptors (Lipinski definition) is 11. The molecule has 0 unspecified atom stereocenters. The molecule has 0 spiro atoms. The molecule has 1 saturated heterocycles. The number of aryl methyl sites for hydroxylation is 1. The molecule has 3 heterocycles. The fourth-order valence-electron chi connectivity index (χ4n) is 4.57. The van der Waals surface area contributed by atoms with Crippen molar-refractivity contribution >= 4 is 42.0 Å². The number of ether oxygens (including phenoxy) is 5. The number of aliphatic hydroxyl groups is 1. The van der Waals surface area contributed by atoms with Crippen molar-refractivity contribution in [3.63, 3.8) is 0 Å². The maximum atomic E-state index is 12.0. The van der Waals surface area contributed by atoms with E-state index in [1.807, 2.05) is 31.2 Å². The van der Waals surface area contributed by atoms with E-state index in [4.69, 9.17) is 33.0 Å². The smallest absolute Gasteiger partial charge is 0.297 e. The Morgan fingerprint density at radius 2 is 1.26 bits per heavy atom. The minimum absolute atomic E-state index is 0.00744. The Morgan fingerprint density at radius 3 is 1.68 bits per heavy atom. The zero-order chi connectivity index (χ0) is 33.5. The standard InChI is InChI=1S/C18H20BrNO5S.C11H14BrNO3.C4H8O/c1-13-2-5-17(6-3-13)26(21,22)24-9-8-23-15-10-16(11-15)25-18-7-4-14(19)12-20-18;12-8-1-2-11(13-7-8)16-10-5-9(6-10)15-4-3-14;1-2-4-5-3-1/h2-7,12,15-16H,8-11H2,1H3;1-2,7,9-10,14H,3-6H2;1-4H2. The number of aromatic nitrogens is 2. The molecule has 0 radical (unpaired) electrons. The van der Waals surface area contributed by atoms with E-state index in [9.17, 15) is 8.42 Å². The highest BCUT2D eigenvalue weighted by molar-refractivity contribution is 9.10. The Hall–Kier alpha value is -2.17. The molecule has 2 aromatic heterocycles. The lowest BCUT2D eigenvalue weighted by Gasteiger charge is -2.34. The highest BCUT2D eigenvalue weighted by Crippen LogP contribution is 2.29. The van der Waals surface area contributed by atoms with Gasteiger partial charge < -0.3 is 28.8 Å². The van der Waals surface area contributed by atoms with E-state index in [1.54, 1.807) is 24.5 Å². The fraction of sp³-hybridized carbons (Fsp3) is 0.515. The summed E-state index contributed by atoms with van der Waals surface area (Å²) in [6, 6.07) is 14.0. The first kappa shape index (κ1) is 37.6. The zero-order valence-corrected chi connectivity index (χ0v) is 30.3. The van der Waals surface area contributed by atoms with E-state index in [0.29, 0.717) is 18.4 Å². The lowest BCUT2D eigenvalue weighted by Crippen LogP contribution is -2.40. The number of aliphatic hydroxyl groups excluding tert-OH is 1. The summed E-state index contributed by atoms with van der Waals surface area (Å²) in [5.41, 5.74) is 0.993. The lowest BCUT2D eigenvalue weighted by atomic mass is 9.92. The Labute approximate surface area is 293 Å². The van der Waals surface area contributed by atoms with Crippen LogP contribution >= 0.6 is 31.9 Å². The van der Waals surface area contributed by atoms with Crippen molar-refractivity contribution < 1.29 is 41.4 Å². The molecule has 258 valence electrons. The summed E-state index contributed by atoms with van der Waals surface area (Å²) in [4.78, 5) is 8.46. The molecule has 2 aliphatic carbocycles. The van der Waals surface area contributed by atoms with Crippen LogP contribution in [0, 0.1) is 6.92 Å². The molecule has 1 N–H and O–H groups in total. The predicted molar refractivity (Wildman–Crippen MR) is 182 cm³/mol. The van der Waals surface area contributed by atoms with Crippen LogP contribution in [0.1, 0.15) is 44.1 Å². The quantitative estimate of drug-likeness (QED) is 0.160. The number of rotatable bonds is 13. The van der Waals surface area contributed by atoms with E-state index < -0.39 is 10.1 Å². The first-order valence-electron chi connectivity index (χ1n) is 15.6. The molecule has 2 saturated carbocycles. The van der Waals surface area contributed by atoms with Gasteiger partial charge in [0.15, 0.2) is 0 Å². The number of nitrogens with zero attached hydrogens (tertiary/aromatic N) is 2. The maximum absolute atomic E-state index is 12.0. The average Bonchev–Trinajstić information content (AvgIpc) is 3.62. The van der Waals surface area contributed by atoms with Crippen LogP contribution in [-0.4, -0.2) is 87.5 Å². The molecule has 0 bridgehead atoms. The second-order valence-corrected chi connectivity index (χ2v) is 14.6. The van der Waals surface area contributed by atoms with Crippen molar-refractivity contribution in [2.24, 2.45) is 0 Å². The fourth-order valence-corrected chi connectivity index (χ4v) is 5.93. The largest absolute Gasteiger partial charge is 0.474 e. The van der Waals surface area contributed by atoms with Gasteiger partial charge >= 0.3 is 0 Å². The van der Waals surface area contributed by atoms with Crippen LogP contribution in [0.5, 0.6) is 11.8 Å². The van der Waals surface area contributed by atoms with E-state index in [-0.39, 0.29) is 49.1 Å². The van der Waals surface area contributed by atoms with E-state index in [0.717, 1.165) is 53.4 Å². The molecule has 3 aromatic rings. The minimum Gasteiger partial charge on any atom is -0.474 e. The van der Waals surface area contributed by atoms with Gasteiger partial charge in [-0.2, -0.15) is 8.42 Å². The van der Waals surface area contributed by atoms with Crippen molar-refractivity contribution in [3.05, 3.63) is 75.4 Å². The van der Waals surface area contributed by atoms with Gasteiger partial charge in [-0.05, 0) is 75.9 Å². The number of benzene rings is 1. The highest BCUT2D eigenvalue weighted by atomic mass is 79.9. The SMILES string of the molecule is C1CCOC1.Cc1ccc(S(=O)(=O)OCCOC2CC(Oc3ccc(Br)cn3)C2)cc1.OCCOC1CC(Oc2ccc(Br)cn2)C1. The van der Waals surface area contributed by atoms with Crippen LogP contribution in [0.3, 0.4) is 0 Å². The van der Waals surface area contributed by atoms with Crippen LogP contribution in [-0.2, 0) is 28.5 Å². The van der Waals surface area contributed by atoms with Gasteiger partial charge in [-0.15, -0.1) is 0 Å². The second kappa shape index (κ2) is 19.7. The molecule has 11 nitrogen and oxygen atoms in total. The summed E-state index contributed by atoms with van der Waals surface area (Å²) in [5.74, 6) is 1.23. The van der Waals surface area contributed by atoms with Crippen LogP contribution < -0.4 is 9.47 Å². The third-order valence-corrected chi connectivity index (χ3v) is 9.60. The van der Waals surface area contributed by atoms with Gasteiger partial charge in [-0.1, -0.05) is 17.7 Å². The van der Waals surface area contributed by atoms with Gasteiger partial charge in [0.25, 0.3) is 10.1 Å². The molecule has 47 heavy (non-hydrogen) atoms. The van der Waals surface area contributed by atoms with Gasteiger partial charge in [0.2, 0.25) is 11.8 Å². The van der Waals surface area contributed by atoms with Gasteiger partial charge in [0.05, 0.1) is 43.5 Å². The highest BCUT2D eigenvalue weighted by Gasteiger charge is 2.32. The Morgan fingerprint density at radius 1 is 0.745 bits per heavy atom. The summed E-state index contributed by atoms with van der Waals surface area (Å²) >= 11 is 6.65. The Kier molecular flexibility index (Phi) is 15.8. The summed E-state index contributed by atoms with van der Waals surface area (Å²) in [6.07, 6.45) is 9.76. The first-order chi connectivity index (χ1) is 22.7. The van der Waals surface area contributed by atoms with Crippen LogP contribution in [0.15, 0.2) is 74.8 Å². The van der Waals surface area contributed by atoms with Gasteiger partial charge in [-0.25, -0.2) is 9.97 Å². The third-order valence-electron chi connectivity index (χ3n) is 7.34. The molecule has 6 rings (SSSR count). The van der Waals surface area contributed by atoms with Gasteiger partial charge in [-0.3, -0.25) is 4.18 Å². The normalized spacial score (nSPS) is 21.6. The van der Waals surface area contributed by atoms with Crippen LogP contribution in [0.4, 0.5) is 0 Å². The van der Waals surface area contributed by atoms with E-state index in [1.165, 1.54) is 25.0 Å². The van der Waals surface area contributed by atoms with Crippen molar-refractivity contribution in [1.82, 2.24) is 9.97 Å². The molecular formula is C33H42Br2N2O9S. The maximum Gasteiger partial charge on any atom is 0.297 e. The molecule has 1 aromatic carbocycles. The van der Waals surface area contributed by atoms with Crippen molar-refractivity contribution in [2.45, 2.75) is 74.8 Å². The lowest BCUT2D eigenvalue weighted by molar-refractivity contribution is -0.0699. The molecule has 3 aliphatic rings. The van der Waals surface area contributed by atoms with Gasteiger partial charge in [0, 0.05) is 72.4 Å². The number of pyridine rings is 2. The second-order valence-electron chi connectivity index (χ2n) is 11.2. The van der Waals surface area contributed by atoms with Gasteiger partial charge in [0.1, 0.15) is 12.2 Å². The van der Waals surface area contributed by atoms with Crippen molar-refractivity contribution in [2.75, 3.05) is 39.6 Å². The first-order valence-corrected chi connectivity index (χ1v) is 18.6. The summed E-state index contributed by atoms with van der Waals surface area (Å²) in [7, 11) is -3.74. The van der Waals surface area contributed by atoms with E-state index in [2.05, 4.69) is 41.8 Å². The monoisotopic (exact) mass is 800 g/mol. The topological polar surface area (TPSA) is 136 Å².